The summed E-state index contributed by atoms with van der Waals surface area (Å²) in [5.41, 5.74) is 11.4. The van der Waals surface area contributed by atoms with Gasteiger partial charge in [-0.25, -0.2) is 0 Å². The topological polar surface area (TPSA) is 26.0 Å². The first-order valence-corrected chi connectivity index (χ1v) is 6.71. The summed E-state index contributed by atoms with van der Waals surface area (Å²) in [4.78, 5) is 0. The summed E-state index contributed by atoms with van der Waals surface area (Å²) in [5.74, 6) is 0.600. The van der Waals surface area contributed by atoms with E-state index in [1.54, 1.807) is 0 Å². The molecule has 0 heterocycles. The summed E-state index contributed by atoms with van der Waals surface area (Å²) in [6.07, 6.45) is 2.32. The molecule has 0 amide bonds. The standard InChI is InChI=1S/C16H27N/c1-7-12(8-2)13-9-11(3)14(10-15(13)17)16(4,5)6/h9-10,12H,7-8,17H2,1-6H3. The number of hydrogen-bond donors (Lipinski definition) is 1. The van der Waals surface area contributed by atoms with Crippen molar-refractivity contribution in [2.24, 2.45) is 0 Å². The van der Waals surface area contributed by atoms with E-state index in [1.165, 1.54) is 16.7 Å². The number of nitrogens with two attached hydrogens (primary N) is 1. The summed E-state index contributed by atoms with van der Waals surface area (Å²) < 4.78 is 0. The Bertz CT molecular complexity index is 381. The maximum absolute atomic E-state index is 6.24. The lowest BCUT2D eigenvalue weighted by molar-refractivity contribution is 0.584. The maximum Gasteiger partial charge on any atom is 0.0352 e. The highest BCUT2D eigenvalue weighted by Gasteiger charge is 2.19. The first-order valence-electron chi connectivity index (χ1n) is 6.71. The van der Waals surface area contributed by atoms with Gasteiger partial charge in [0.25, 0.3) is 0 Å². The minimum atomic E-state index is 0.171. The van der Waals surface area contributed by atoms with Crippen LogP contribution in [0.3, 0.4) is 0 Å². The smallest absolute Gasteiger partial charge is 0.0352 e. The van der Waals surface area contributed by atoms with Crippen LogP contribution in [-0.4, -0.2) is 0 Å². The second-order valence-electron chi connectivity index (χ2n) is 6.06. The van der Waals surface area contributed by atoms with E-state index in [0.29, 0.717) is 5.92 Å². The van der Waals surface area contributed by atoms with Crippen molar-refractivity contribution in [2.75, 3.05) is 5.73 Å². The largest absolute Gasteiger partial charge is 0.398 e. The van der Waals surface area contributed by atoms with Crippen LogP contribution in [0.25, 0.3) is 0 Å². The fraction of sp³-hybridized carbons (Fsp3) is 0.625. The fourth-order valence-corrected chi connectivity index (χ4v) is 2.64. The summed E-state index contributed by atoms with van der Waals surface area (Å²) in [7, 11) is 0. The highest BCUT2D eigenvalue weighted by atomic mass is 14.6. The molecule has 0 spiro atoms. The SMILES string of the molecule is CCC(CC)c1cc(C)c(C(C)(C)C)cc1N. The molecule has 0 aromatic heterocycles. The third kappa shape index (κ3) is 3.02. The Balaban J connectivity index is 3.27. The van der Waals surface area contributed by atoms with Gasteiger partial charge < -0.3 is 5.73 Å². The molecular formula is C16H27N. The summed E-state index contributed by atoms with van der Waals surface area (Å²) >= 11 is 0. The molecule has 2 N–H and O–H groups in total. The molecule has 0 saturated heterocycles. The van der Waals surface area contributed by atoms with Crippen molar-refractivity contribution in [2.45, 2.75) is 65.7 Å². The highest BCUT2D eigenvalue weighted by molar-refractivity contribution is 5.55. The third-order valence-electron chi connectivity index (χ3n) is 3.66. The van der Waals surface area contributed by atoms with E-state index >= 15 is 0 Å². The molecule has 0 aliphatic carbocycles. The van der Waals surface area contributed by atoms with Crippen molar-refractivity contribution in [3.05, 3.63) is 28.8 Å². The predicted octanol–water partition coefficient (Wildman–Crippen LogP) is 4.78. The molecule has 1 aromatic carbocycles. The zero-order valence-corrected chi connectivity index (χ0v) is 12.2. The van der Waals surface area contributed by atoms with Crippen molar-refractivity contribution in [1.29, 1.82) is 0 Å². The molecule has 1 nitrogen and oxygen atoms in total. The van der Waals surface area contributed by atoms with Crippen LogP contribution in [0.4, 0.5) is 5.69 Å². The van der Waals surface area contributed by atoms with Crippen molar-refractivity contribution in [1.82, 2.24) is 0 Å². The van der Waals surface area contributed by atoms with E-state index in [1.807, 2.05) is 0 Å². The first-order chi connectivity index (χ1) is 7.81. The van der Waals surface area contributed by atoms with Crippen molar-refractivity contribution >= 4 is 5.69 Å². The van der Waals surface area contributed by atoms with Gasteiger partial charge in [-0.05, 0) is 53.9 Å². The fourth-order valence-electron chi connectivity index (χ4n) is 2.64. The molecule has 0 aliphatic rings. The van der Waals surface area contributed by atoms with Crippen LogP contribution < -0.4 is 5.73 Å². The monoisotopic (exact) mass is 233 g/mol. The minimum absolute atomic E-state index is 0.171. The zero-order valence-electron chi connectivity index (χ0n) is 12.2. The maximum atomic E-state index is 6.24. The average Bonchev–Trinajstić information content (AvgIpc) is 2.22. The van der Waals surface area contributed by atoms with E-state index < -0.39 is 0 Å². The summed E-state index contributed by atoms with van der Waals surface area (Å²) in [5, 5.41) is 0. The molecule has 96 valence electrons. The first kappa shape index (κ1) is 14.1. The van der Waals surface area contributed by atoms with Crippen LogP contribution in [0, 0.1) is 6.92 Å². The van der Waals surface area contributed by atoms with Crippen LogP contribution in [-0.2, 0) is 5.41 Å². The van der Waals surface area contributed by atoms with Crippen LogP contribution in [0.5, 0.6) is 0 Å². The van der Waals surface area contributed by atoms with Crippen LogP contribution in [0.2, 0.25) is 0 Å². The van der Waals surface area contributed by atoms with Gasteiger partial charge in [0, 0.05) is 5.69 Å². The molecule has 0 bridgehead atoms. The lowest BCUT2D eigenvalue weighted by Crippen LogP contribution is -2.15. The lowest BCUT2D eigenvalue weighted by atomic mass is 9.81. The second-order valence-corrected chi connectivity index (χ2v) is 6.06. The Labute approximate surface area is 106 Å². The summed E-state index contributed by atoms with van der Waals surface area (Å²) in [6.45, 7) is 13.4. The van der Waals surface area contributed by atoms with Gasteiger partial charge in [-0.3, -0.25) is 0 Å². The van der Waals surface area contributed by atoms with E-state index in [0.717, 1.165) is 18.5 Å². The Morgan fingerprint density at radius 2 is 1.65 bits per heavy atom. The summed E-state index contributed by atoms with van der Waals surface area (Å²) in [6, 6.07) is 4.48. The molecule has 0 aliphatic heterocycles. The van der Waals surface area contributed by atoms with Crippen molar-refractivity contribution in [3.8, 4) is 0 Å². The van der Waals surface area contributed by atoms with Gasteiger partial charge in [0.1, 0.15) is 0 Å². The lowest BCUT2D eigenvalue weighted by Gasteiger charge is -2.25. The van der Waals surface area contributed by atoms with E-state index in [-0.39, 0.29) is 5.41 Å². The Morgan fingerprint density at radius 1 is 1.12 bits per heavy atom. The quantitative estimate of drug-likeness (QED) is 0.747. The number of hydrogen-bond acceptors (Lipinski definition) is 1. The normalized spacial score (nSPS) is 12.2. The van der Waals surface area contributed by atoms with Crippen LogP contribution in [0.1, 0.15) is 70.1 Å². The number of aryl methyl sites for hydroxylation is 1. The minimum Gasteiger partial charge on any atom is -0.398 e. The molecule has 0 radical (unpaired) electrons. The highest BCUT2D eigenvalue weighted by Crippen LogP contribution is 2.34. The van der Waals surface area contributed by atoms with Gasteiger partial charge in [-0.15, -0.1) is 0 Å². The average molecular weight is 233 g/mol. The molecule has 0 saturated carbocycles. The van der Waals surface area contributed by atoms with Crippen LogP contribution >= 0.6 is 0 Å². The molecule has 0 fully saturated rings. The van der Waals surface area contributed by atoms with Gasteiger partial charge in [-0.1, -0.05) is 40.7 Å². The van der Waals surface area contributed by atoms with Gasteiger partial charge in [0.15, 0.2) is 0 Å². The number of nitrogen functional groups attached to an aromatic ring is 1. The molecular weight excluding hydrogens is 206 g/mol. The van der Waals surface area contributed by atoms with Gasteiger partial charge in [-0.2, -0.15) is 0 Å². The van der Waals surface area contributed by atoms with Crippen LogP contribution in [0.15, 0.2) is 12.1 Å². The molecule has 1 aromatic rings. The third-order valence-corrected chi connectivity index (χ3v) is 3.66. The molecule has 0 unspecified atom stereocenters. The molecule has 17 heavy (non-hydrogen) atoms. The van der Waals surface area contributed by atoms with Gasteiger partial charge in [0.2, 0.25) is 0 Å². The Kier molecular flexibility index (Phi) is 4.24. The predicted molar refractivity (Wildman–Crippen MR) is 77.6 cm³/mol. The molecule has 1 rings (SSSR count). The number of rotatable bonds is 3. The van der Waals surface area contributed by atoms with E-state index in [9.17, 15) is 0 Å². The van der Waals surface area contributed by atoms with Gasteiger partial charge >= 0.3 is 0 Å². The second kappa shape index (κ2) is 5.12. The van der Waals surface area contributed by atoms with Crippen molar-refractivity contribution in [3.63, 3.8) is 0 Å². The molecule has 1 heteroatoms. The Morgan fingerprint density at radius 3 is 2.06 bits per heavy atom. The van der Waals surface area contributed by atoms with E-state index in [2.05, 4.69) is 53.7 Å². The number of benzene rings is 1. The van der Waals surface area contributed by atoms with E-state index in [4.69, 9.17) is 5.73 Å². The zero-order chi connectivity index (χ0) is 13.2. The number of anilines is 1. The molecule has 0 atom stereocenters. The Hall–Kier alpha value is -0.980. The van der Waals surface area contributed by atoms with Crippen molar-refractivity contribution < 1.29 is 0 Å². The van der Waals surface area contributed by atoms with Gasteiger partial charge in [0.05, 0.1) is 0 Å².